The largest absolute Gasteiger partial charge is 0.493 e. The molecule has 190 valence electrons. The third-order valence-electron chi connectivity index (χ3n) is 5.96. The van der Waals surface area contributed by atoms with E-state index in [1.807, 2.05) is 50.2 Å². The summed E-state index contributed by atoms with van der Waals surface area (Å²) in [5.74, 6) is -0.0533. The Morgan fingerprint density at radius 3 is 2.19 bits per heavy atom. The lowest BCUT2D eigenvalue weighted by molar-refractivity contribution is -0.143. The van der Waals surface area contributed by atoms with Gasteiger partial charge in [0.25, 0.3) is 5.91 Å². The number of nitrogens with one attached hydrogen (secondary N) is 1. The van der Waals surface area contributed by atoms with Crippen LogP contribution in [0.2, 0.25) is 0 Å². The van der Waals surface area contributed by atoms with Gasteiger partial charge in [0.2, 0.25) is 5.91 Å². The number of halogens is 1. The highest BCUT2D eigenvalue weighted by atomic mass is 19.1. The van der Waals surface area contributed by atoms with Crippen LogP contribution in [0.1, 0.15) is 31.4 Å². The van der Waals surface area contributed by atoms with Crippen molar-refractivity contribution in [3.05, 3.63) is 95.8 Å². The van der Waals surface area contributed by atoms with Crippen LogP contribution in [0.4, 0.5) is 4.39 Å². The molecule has 0 bridgehead atoms. The topological polar surface area (TPSA) is 67.9 Å². The minimum Gasteiger partial charge on any atom is -0.493 e. The highest BCUT2D eigenvalue weighted by Gasteiger charge is 2.31. The minimum absolute atomic E-state index is 0.0524. The maximum Gasteiger partial charge on any atom is 0.261 e. The van der Waals surface area contributed by atoms with Crippen LogP contribution >= 0.6 is 0 Å². The minimum atomic E-state index is -0.791. The summed E-state index contributed by atoms with van der Waals surface area (Å²) in [6.07, 6.45) is 1.08. The molecule has 2 amide bonds. The van der Waals surface area contributed by atoms with E-state index in [1.165, 1.54) is 24.1 Å². The zero-order valence-electron chi connectivity index (χ0n) is 20.9. The van der Waals surface area contributed by atoms with Crippen LogP contribution in [0.25, 0.3) is 0 Å². The summed E-state index contributed by atoms with van der Waals surface area (Å²) in [5.41, 5.74) is 1.63. The highest BCUT2D eigenvalue weighted by Crippen LogP contribution is 2.26. The predicted molar refractivity (Wildman–Crippen MR) is 137 cm³/mol. The predicted octanol–water partition coefficient (Wildman–Crippen LogP) is 4.77. The first-order chi connectivity index (χ1) is 17.4. The third kappa shape index (κ3) is 7.57. The molecule has 3 aromatic rings. The molecule has 0 spiro atoms. The quantitative estimate of drug-likeness (QED) is 0.396. The molecule has 6 nitrogen and oxygen atoms in total. The lowest BCUT2D eigenvalue weighted by Gasteiger charge is -2.32. The monoisotopic (exact) mass is 492 g/mol. The zero-order valence-corrected chi connectivity index (χ0v) is 20.9. The number of methoxy groups -OCH3 is 1. The Morgan fingerprint density at radius 1 is 0.917 bits per heavy atom. The van der Waals surface area contributed by atoms with Gasteiger partial charge in [-0.25, -0.2) is 4.39 Å². The van der Waals surface area contributed by atoms with Crippen LogP contribution in [0, 0.1) is 5.82 Å². The second kappa shape index (κ2) is 13.3. The van der Waals surface area contributed by atoms with Gasteiger partial charge in [0, 0.05) is 19.0 Å². The summed E-state index contributed by atoms with van der Waals surface area (Å²) in [6, 6.07) is 21.7. The lowest BCUT2D eigenvalue weighted by Crippen LogP contribution is -2.53. The van der Waals surface area contributed by atoms with E-state index < -0.39 is 6.04 Å². The van der Waals surface area contributed by atoms with Crippen molar-refractivity contribution in [3.63, 3.8) is 0 Å². The van der Waals surface area contributed by atoms with Gasteiger partial charge in [0.15, 0.2) is 18.1 Å². The van der Waals surface area contributed by atoms with E-state index >= 15 is 0 Å². The molecule has 0 saturated carbocycles. The SMILES string of the molecule is CCC(C)NC(=O)C(Cc1ccccc1)N(Cc1ccc(F)cc1)C(=O)COc1ccccc1OC. The Kier molecular flexibility index (Phi) is 9.86. The number of carbonyl (C=O) groups is 2. The Labute approximate surface area is 212 Å². The molecule has 2 unspecified atom stereocenters. The molecule has 0 aliphatic heterocycles. The Morgan fingerprint density at radius 2 is 1.56 bits per heavy atom. The average molecular weight is 493 g/mol. The van der Waals surface area contributed by atoms with Gasteiger partial charge in [-0.1, -0.05) is 61.5 Å². The van der Waals surface area contributed by atoms with Crippen molar-refractivity contribution in [2.75, 3.05) is 13.7 Å². The zero-order chi connectivity index (χ0) is 25.9. The molecule has 7 heteroatoms. The highest BCUT2D eigenvalue weighted by molar-refractivity contribution is 5.88. The van der Waals surface area contributed by atoms with Crippen molar-refractivity contribution in [1.29, 1.82) is 0 Å². The van der Waals surface area contributed by atoms with E-state index in [-0.39, 0.29) is 36.8 Å². The molecular weight excluding hydrogens is 459 g/mol. The van der Waals surface area contributed by atoms with Crippen molar-refractivity contribution in [3.8, 4) is 11.5 Å². The number of carbonyl (C=O) groups excluding carboxylic acids is 2. The number of amides is 2. The van der Waals surface area contributed by atoms with E-state index in [0.717, 1.165) is 12.0 Å². The molecule has 1 N–H and O–H groups in total. The standard InChI is InChI=1S/C29H33FN2O4/c1-4-21(2)31-29(34)25(18-22-10-6-5-7-11-22)32(19-23-14-16-24(30)17-15-23)28(33)20-36-27-13-9-8-12-26(27)35-3/h5-17,21,25H,4,18-20H2,1-3H3,(H,31,34). The van der Waals surface area contributed by atoms with Crippen LogP contribution in [0.5, 0.6) is 11.5 Å². The first-order valence-electron chi connectivity index (χ1n) is 12.0. The molecule has 0 aromatic heterocycles. The van der Waals surface area contributed by atoms with Crippen LogP contribution in [-0.2, 0) is 22.6 Å². The molecule has 0 heterocycles. The van der Waals surface area contributed by atoms with Gasteiger partial charge in [-0.3, -0.25) is 9.59 Å². The third-order valence-corrected chi connectivity index (χ3v) is 5.96. The van der Waals surface area contributed by atoms with E-state index in [2.05, 4.69) is 5.32 Å². The van der Waals surface area contributed by atoms with Gasteiger partial charge in [0.05, 0.1) is 7.11 Å². The molecule has 0 saturated heterocycles. The number of para-hydroxylation sites is 2. The number of ether oxygens (including phenoxy) is 2. The van der Waals surface area contributed by atoms with Gasteiger partial charge in [0.1, 0.15) is 11.9 Å². The fourth-order valence-corrected chi connectivity index (χ4v) is 3.74. The van der Waals surface area contributed by atoms with Gasteiger partial charge < -0.3 is 19.7 Å². The summed E-state index contributed by atoms with van der Waals surface area (Å²) in [4.78, 5) is 28.5. The van der Waals surface area contributed by atoms with Crippen molar-refractivity contribution in [2.45, 2.75) is 45.3 Å². The number of hydrogen-bond acceptors (Lipinski definition) is 4. The molecule has 0 aliphatic carbocycles. The Hall–Kier alpha value is -3.87. The second-order valence-corrected chi connectivity index (χ2v) is 8.61. The van der Waals surface area contributed by atoms with Gasteiger partial charge >= 0.3 is 0 Å². The average Bonchev–Trinajstić information content (AvgIpc) is 2.90. The number of rotatable bonds is 12. The molecule has 0 radical (unpaired) electrons. The first kappa shape index (κ1) is 26.7. The van der Waals surface area contributed by atoms with Gasteiger partial charge in [-0.05, 0) is 48.7 Å². The molecule has 0 aliphatic rings. The van der Waals surface area contributed by atoms with E-state index in [1.54, 1.807) is 30.3 Å². The molecule has 2 atom stereocenters. The van der Waals surface area contributed by atoms with Crippen molar-refractivity contribution >= 4 is 11.8 Å². The summed E-state index contributed by atoms with van der Waals surface area (Å²) in [5, 5.41) is 3.02. The molecule has 0 fully saturated rings. The molecule has 36 heavy (non-hydrogen) atoms. The van der Waals surface area contributed by atoms with Gasteiger partial charge in [-0.2, -0.15) is 0 Å². The van der Waals surface area contributed by atoms with Crippen molar-refractivity contribution in [2.24, 2.45) is 0 Å². The Bertz CT molecular complexity index is 1120. The first-order valence-corrected chi connectivity index (χ1v) is 12.0. The number of hydrogen-bond donors (Lipinski definition) is 1. The van der Waals surface area contributed by atoms with Gasteiger partial charge in [-0.15, -0.1) is 0 Å². The van der Waals surface area contributed by atoms with Crippen LogP contribution < -0.4 is 14.8 Å². The Balaban J connectivity index is 1.92. The number of benzene rings is 3. The van der Waals surface area contributed by atoms with Crippen LogP contribution in [-0.4, -0.2) is 42.5 Å². The summed E-state index contributed by atoms with van der Waals surface area (Å²) < 4.78 is 24.7. The molecule has 3 aromatic carbocycles. The maximum atomic E-state index is 13.6. The van der Waals surface area contributed by atoms with E-state index in [4.69, 9.17) is 9.47 Å². The van der Waals surface area contributed by atoms with Crippen molar-refractivity contribution in [1.82, 2.24) is 10.2 Å². The fraction of sp³-hybridized carbons (Fsp3) is 0.310. The number of nitrogens with zero attached hydrogens (tertiary/aromatic N) is 1. The fourth-order valence-electron chi connectivity index (χ4n) is 3.74. The summed E-state index contributed by atoms with van der Waals surface area (Å²) in [6.45, 7) is 3.75. The molecular formula is C29H33FN2O4. The van der Waals surface area contributed by atoms with Crippen molar-refractivity contribution < 1.29 is 23.5 Å². The molecule has 3 rings (SSSR count). The van der Waals surface area contributed by atoms with E-state index in [0.29, 0.717) is 23.5 Å². The summed E-state index contributed by atoms with van der Waals surface area (Å²) >= 11 is 0. The van der Waals surface area contributed by atoms with E-state index in [9.17, 15) is 14.0 Å². The summed E-state index contributed by atoms with van der Waals surface area (Å²) in [7, 11) is 1.53. The van der Waals surface area contributed by atoms with Crippen LogP contribution in [0.15, 0.2) is 78.9 Å². The maximum absolute atomic E-state index is 13.6. The second-order valence-electron chi connectivity index (χ2n) is 8.61. The lowest BCUT2D eigenvalue weighted by atomic mass is 10.0. The smallest absolute Gasteiger partial charge is 0.261 e. The normalized spacial score (nSPS) is 12.3. The van der Waals surface area contributed by atoms with Crippen LogP contribution in [0.3, 0.4) is 0 Å².